The van der Waals surface area contributed by atoms with Gasteiger partial charge < -0.3 is 20.1 Å². The lowest BCUT2D eigenvalue weighted by molar-refractivity contribution is -0.138. The van der Waals surface area contributed by atoms with Gasteiger partial charge in [0, 0.05) is 18.2 Å². The first kappa shape index (κ1) is 16.3. The van der Waals surface area contributed by atoms with E-state index in [4.69, 9.17) is 15.3 Å². The van der Waals surface area contributed by atoms with Crippen molar-refractivity contribution >= 4 is 17.9 Å². The van der Waals surface area contributed by atoms with Crippen LogP contribution >= 0.6 is 0 Å². The van der Waals surface area contributed by atoms with Crippen molar-refractivity contribution in [2.75, 3.05) is 13.2 Å². The molecule has 0 saturated heterocycles. The fourth-order valence-corrected chi connectivity index (χ4v) is 0.348. The van der Waals surface area contributed by atoms with Crippen LogP contribution in [0.2, 0.25) is 0 Å². The van der Waals surface area contributed by atoms with E-state index in [9.17, 15) is 14.4 Å². The number of carboxylic acid groups (broad SMARTS) is 2. The second-order valence-corrected chi connectivity index (χ2v) is 2.11. The number of esters is 1. The zero-order valence-electron chi connectivity index (χ0n) is 8.33. The maximum absolute atomic E-state index is 10.1. The van der Waals surface area contributed by atoms with Crippen molar-refractivity contribution in [1.29, 1.82) is 0 Å². The first-order valence-electron chi connectivity index (χ1n) is 3.98. The van der Waals surface area contributed by atoms with Gasteiger partial charge in [-0.1, -0.05) is 6.58 Å². The summed E-state index contributed by atoms with van der Waals surface area (Å²) in [6, 6.07) is 0. The van der Waals surface area contributed by atoms with E-state index in [1.165, 1.54) is 0 Å². The summed E-state index contributed by atoms with van der Waals surface area (Å²) in [6.07, 6.45) is 2.17. The Balaban J connectivity index is 0. The first-order valence-corrected chi connectivity index (χ1v) is 3.98. The number of aliphatic carboxylic acids is 2. The van der Waals surface area contributed by atoms with Crippen molar-refractivity contribution in [2.24, 2.45) is 0 Å². The van der Waals surface area contributed by atoms with Crippen LogP contribution in [-0.2, 0) is 19.1 Å². The van der Waals surface area contributed by atoms with Crippen LogP contribution in [0.5, 0.6) is 0 Å². The average Bonchev–Trinajstić information content (AvgIpc) is 2.23. The van der Waals surface area contributed by atoms with Crippen molar-refractivity contribution in [2.45, 2.75) is 0 Å². The lowest BCUT2D eigenvalue weighted by Crippen LogP contribution is -2.04. The number of hydrogen-bond acceptors (Lipinski definition) is 5. The average molecular weight is 232 g/mol. The van der Waals surface area contributed by atoms with Crippen LogP contribution < -0.4 is 0 Å². The van der Waals surface area contributed by atoms with E-state index in [0.29, 0.717) is 12.2 Å². The van der Waals surface area contributed by atoms with Crippen LogP contribution in [0, 0.1) is 0 Å². The van der Waals surface area contributed by atoms with E-state index in [0.717, 1.165) is 6.08 Å². The molecule has 0 rings (SSSR count). The third kappa shape index (κ3) is 17.8. The van der Waals surface area contributed by atoms with Gasteiger partial charge in [0.15, 0.2) is 0 Å². The minimum absolute atomic E-state index is 0.0465. The van der Waals surface area contributed by atoms with Crippen molar-refractivity contribution in [1.82, 2.24) is 0 Å². The minimum Gasteiger partial charge on any atom is -0.478 e. The van der Waals surface area contributed by atoms with Crippen molar-refractivity contribution in [3.63, 3.8) is 0 Å². The monoisotopic (exact) mass is 232 g/mol. The number of ether oxygens (including phenoxy) is 1. The summed E-state index contributed by atoms with van der Waals surface area (Å²) in [7, 11) is 0. The van der Waals surface area contributed by atoms with Gasteiger partial charge in [0.2, 0.25) is 0 Å². The molecule has 3 N–H and O–H groups in total. The third-order valence-corrected chi connectivity index (χ3v) is 0.871. The van der Waals surface area contributed by atoms with Crippen LogP contribution in [0.25, 0.3) is 0 Å². The van der Waals surface area contributed by atoms with Crippen molar-refractivity contribution < 1.29 is 34.4 Å². The Hall–Kier alpha value is -2.15. The van der Waals surface area contributed by atoms with Gasteiger partial charge in [0.25, 0.3) is 0 Å². The largest absolute Gasteiger partial charge is 0.478 e. The molecule has 0 aliphatic heterocycles. The summed E-state index contributed by atoms with van der Waals surface area (Å²) in [4.78, 5) is 29.2. The zero-order valence-corrected chi connectivity index (χ0v) is 8.33. The number of rotatable bonds is 5. The highest BCUT2D eigenvalue weighted by Crippen LogP contribution is 1.75. The molecule has 0 spiro atoms. The van der Waals surface area contributed by atoms with Crippen LogP contribution in [0.4, 0.5) is 0 Å². The van der Waals surface area contributed by atoms with Gasteiger partial charge in [0.05, 0.1) is 6.61 Å². The molecule has 0 aromatic rings. The number of carbonyl (C=O) groups is 3. The van der Waals surface area contributed by atoms with Gasteiger partial charge in [-0.25, -0.2) is 14.4 Å². The van der Waals surface area contributed by atoms with Gasteiger partial charge >= 0.3 is 17.9 Å². The van der Waals surface area contributed by atoms with E-state index >= 15 is 0 Å². The Bertz CT molecular complexity index is 264. The molecule has 0 fully saturated rings. The van der Waals surface area contributed by atoms with Crippen molar-refractivity contribution in [3.05, 3.63) is 24.8 Å². The molecule has 0 aromatic carbocycles. The molecule has 0 amide bonds. The van der Waals surface area contributed by atoms with E-state index < -0.39 is 17.9 Å². The number of carboxylic acids is 2. The fraction of sp³-hybridized carbons (Fsp3) is 0.222. The highest BCUT2D eigenvalue weighted by atomic mass is 16.5. The molecule has 7 nitrogen and oxygen atoms in total. The van der Waals surface area contributed by atoms with Gasteiger partial charge in [-0.15, -0.1) is 0 Å². The summed E-state index contributed by atoms with van der Waals surface area (Å²) >= 11 is 0. The summed E-state index contributed by atoms with van der Waals surface area (Å²) in [5, 5.41) is 23.7. The minimum atomic E-state index is -1.26. The Morgan fingerprint density at radius 3 is 1.81 bits per heavy atom. The second kappa shape index (κ2) is 10.9. The summed E-state index contributed by atoms with van der Waals surface area (Å²) in [6.45, 7) is 3.06. The molecule has 7 heteroatoms. The Morgan fingerprint density at radius 2 is 1.56 bits per heavy atom. The SMILES string of the molecule is C=CC(=O)OCCO.O=C(O)/C=C\C(=O)O. The normalized spacial score (nSPS) is 8.81. The smallest absolute Gasteiger partial charge is 0.330 e. The molecule has 0 aliphatic carbocycles. The Kier molecular flexibility index (Phi) is 11.1. The van der Waals surface area contributed by atoms with Gasteiger partial charge in [-0.05, 0) is 0 Å². The molecule has 0 aliphatic rings. The maximum atomic E-state index is 10.1. The quantitative estimate of drug-likeness (QED) is 0.428. The van der Waals surface area contributed by atoms with E-state index in [-0.39, 0.29) is 13.2 Å². The van der Waals surface area contributed by atoms with Gasteiger partial charge in [-0.3, -0.25) is 0 Å². The fourth-order valence-electron chi connectivity index (χ4n) is 0.348. The van der Waals surface area contributed by atoms with Crippen LogP contribution in [-0.4, -0.2) is 46.4 Å². The van der Waals surface area contributed by atoms with Crippen molar-refractivity contribution in [3.8, 4) is 0 Å². The van der Waals surface area contributed by atoms with Crippen LogP contribution in [0.15, 0.2) is 24.8 Å². The molecule has 0 atom stereocenters. The second-order valence-electron chi connectivity index (χ2n) is 2.11. The lowest BCUT2D eigenvalue weighted by Gasteiger charge is -1.94. The number of aliphatic hydroxyl groups is 1. The standard InChI is InChI=1S/C5H8O3.C4H4O4/c1-2-5(7)8-4-3-6;5-3(6)1-2-4(7)8/h2,6H,1,3-4H2;1-2H,(H,5,6)(H,7,8)/b;2-1-. The molecule has 0 unspecified atom stereocenters. The Labute approximate surface area is 91.3 Å². The predicted octanol–water partition coefficient (Wildman–Crippen LogP) is -0.580. The molecular formula is C9H12O7. The zero-order chi connectivity index (χ0) is 13.0. The van der Waals surface area contributed by atoms with Gasteiger partial charge in [-0.2, -0.15) is 0 Å². The molecule has 90 valence electrons. The highest BCUT2D eigenvalue weighted by molar-refractivity contribution is 5.89. The topological polar surface area (TPSA) is 121 Å². The lowest BCUT2D eigenvalue weighted by atomic mass is 10.5. The highest BCUT2D eigenvalue weighted by Gasteiger charge is 1.90. The summed E-state index contributed by atoms with van der Waals surface area (Å²) < 4.78 is 4.33. The van der Waals surface area contributed by atoms with E-state index in [1.807, 2.05) is 0 Å². The maximum Gasteiger partial charge on any atom is 0.330 e. The van der Waals surface area contributed by atoms with Crippen LogP contribution in [0.3, 0.4) is 0 Å². The molecule has 0 aromatic heterocycles. The molecule has 16 heavy (non-hydrogen) atoms. The molecule has 0 bridgehead atoms. The summed E-state index contributed by atoms with van der Waals surface area (Å²) in [5.74, 6) is -3.01. The molecule has 0 heterocycles. The predicted molar refractivity (Wildman–Crippen MR) is 52.7 cm³/mol. The molecule has 0 radical (unpaired) electrons. The molecular weight excluding hydrogens is 220 g/mol. The third-order valence-electron chi connectivity index (χ3n) is 0.871. The molecule has 0 saturated carbocycles. The van der Waals surface area contributed by atoms with Crippen LogP contribution in [0.1, 0.15) is 0 Å². The van der Waals surface area contributed by atoms with Gasteiger partial charge in [0.1, 0.15) is 6.61 Å². The Morgan fingerprint density at radius 1 is 1.12 bits per heavy atom. The number of carbonyl (C=O) groups excluding carboxylic acids is 1. The number of aliphatic hydroxyl groups excluding tert-OH is 1. The van der Waals surface area contributed by atoms with E-state index in [1.54, 1.807) is 0 Å². The summed E-state index contributed by atoms with van der Waals surface area (Å²) in [5.41, 5.74) is 0. The number of hydrogen-bond donors (Lipinski definition) is 3. The first-order chi connectivity index (χ1) is 7.43. The van der Waals surface area contributed by atoms with E-state index in [2.05, 4.69) is 11.3 Å².